The zero-order valence-corrected chi connectivity index (χ0v) is 7.62. The Morgan fingerprint density at radius 3 is 2.64 bits per heavy atom. The van der Waals surface area contributed by atoms with Crippen molar-refractivity contribution in [1.82, 2.24) is 0 Å². The van der Waals surface area contributed by atoms with E-state index in [-0.39, 0.29) is 0 Å². The van der Waals surface area contributed by atoms with E-state index >= 15 is 0 Å². The monoisotopic (exact) mass is 212 g/mol. The second kappa shape index (κ2) is 5.10. The van der Waals surface area contributed by atoms with Crippen molar-refractivity contribution >= 4 is 22.3 Å². The van der Waals surface area contributed by atoms with Crippen molar-refractivity contribution in [3.63, 3.8) is 0 Å². The summed E-state index contributed by atoms with van der Waals surface area (Å²) in [5, 5.41) is 0. The minimum absolute atomic E-state index is 0.592. The Morgan fingerprint density at radius 2 is 2.00 bits per heavy atom. The minimum Gasteiger partial charge on any atom is -0.304 e. The van der Waals surface area contributed by atoms with Gasteiger partial charge in [-0.05, 0) is 5.56 Å². The molecule has 0 aliphatic rings. The molecule has 11 heavy (non-hydrogen) atoms. The average molecular weight is 213 g/mol. The molecule has 1 aromatic carbocycles. The SMILES string of the molecule is BrOC/C=C/c1ccccc1. The van der Waals surface area contributed by atoms with Crippen LogP contribution in [0.25, 0.3) is 6.08 Å². The first-order valence-electron chi connectivity index (χ1n) is 3.38. The number of benzene rings is 1. The second-order valence-electron chi connectivity index (χ2n) is 2.09. The molecule has 0 saturated carbocycles. The van der Waals surface area contributed by atoms with Crippen molar-refractivity contribution in [3.05, 3.63) is 42.0 Å². The highest BCUT2D eigenvalue weighted by Gasteiger charge is 1.80. The van der Waals surface area contributed by atoms with Crippen LogP contribution in [0.1, 0.15) is 5.56 Å². The fourth-order valence-corrected chi connectivity index (χ4v) is 0.937. The van der Waals surface area contributed by atoms with Crippen LogP contribution in [0.15, 0.2) is 36.4 Å². The predicted molar refractivity (Wildman–Crippen MR) is 50.4 cm³/mol. The van der Waals surface area contributed by atoms with E-state index in [0.717, 1.165) is 0 Å². The van der Waals surface area contributed by atoms with Crippen molar-refractivity contribution in [2.45, 2.75) is 0 Å². The summed E-state index contributed by atoms with van der Waals surface area (Å²) < 4.78 is 4.69. The Morgan fingerprint density at radius 1 is 1.27 bits per heavy atom. The van der Waals surface area contributed by atoms with Crippen LogP contribution in [-0.2, 0) is 3.83 Å². The van der Waals surface area contributed by atoms with Gasteiger partial charge < -0.3 is 3.83 Å². The number of hydrogen-bond donors (Lipinski definition) is 0. The van der Waals surface area contributed by atoms with E-state index in [1.165, 1.54) is 5.56 Å². The van der Waals surface area contributed by atoms with Crippen LogP contribution in [0, 0.1) is 0 Å². The molecule has 0 spiro atoms. The summed E-state index contributed by atoms with van der Waals surface area (Å²) in [5.41, 5.74) is 1.19. The summed E-state index contributed by atoms with van der Waals surface area (Å²) in [6, 6.07) is 10.1. The summed E-state index contributed by atoms with van der Waals surface area (Å²) in [4.78, 5) is 0. The average Bonchev–Trinajstić information content (AvgIpc) is 2.07. The molecule has 0 heterocycles. The van der Waals surface area contributed by atoms with Gasteiger partial charge in [0.25, 0.3) is 0 Å². The Bertz CT molecular complexity index is 218. The van der Waals surface area contributed by atoms with Crippen molar-refractivity contribution in [2.75, 3.05) is 6.61 Å². The van der Waals surface area contributed by atoms with E-state index in [9.17, 15) is 0 Å². The molecule has 0 bridgehead atoms. The maximum absolute atomic E-state index is 4.69. The second-order valence-corrected chi connectivity index (χ2v) is 2.55. The summed E-state index contributed by atoms with van der Waals surface area (Å²) in [6.45, 7) is 0.592. The largest absolute Gasteiger partial charge is 0.304 e. The van der Waals surface area contributed by atoms with Gasteiger partial charge in [-0.25, -0.2) is 0 Å². The number of hydrogen-bond acceptors (Lipinski definition) is 1. The number of rotatable bonds is 3. The Kier molecular flexibility index (Phi) is 3.94. The molecule has 2 heteroatoms. The Labute approximate surface area is 75.1 Å². The highest BCUT2D eigenvalue weighted by atomic mass is 79.9. The van der Waals surface area contributed by atoms with Crippen LogP contribution in [0.4, 0.5) is 0 Å². The van der Waals surface area contributed by atoms with E-state index in [2.05, 4.69) is 20.1 Å². The third kappa shape index (κ3) is 3.35. The molecule has 0 radical (unpaired) electrons. The van der Waals surface area contributed by atoms with E-state index in [0.29, 0.717) is 6.61 Å². The summed E-state index contributed by atoms with van der Waals surface area (Å²) in [7, 11) is 0. The normalized spacial score (nSPS) is 10.6. The van der Waals surface area contributed by atoms with Gasteiger partial charge >= 0.3 is 0 Å². The van der Waals surface area contributed by atoms with Crippen molar-refractivity contribution < 1.29 is 3.83 Å². The molecule has 0 aromatic heterocycles. The van der Waals surface area contributed by atoms with E-state index in [1.807, 2.05) is 42.5 Å². The van der Waals surface area contributed by atoms with Crippen LogP contribution in [0.2, 0.25) is 0 Å². The summed E-state index contributed by atoms with van der Waals surface area (Å²) >= 11 is 2.87. The molecule has 58 valence electrons. The lowest BCUT2D eigenvalue weighted by Crippen LogP contribution is -1.74. The smallest absolute Gasteiger partial charge is 0.0991 e. The van der Waals surface area contributed by atoms with Crippen LogP contribution >= 0.6 is 16.3 Å². The standard InChI is InChI=1S/C9H9BrO/c10-11-8-4-7-9-5-2-1-3-6-9/h1-7H,8H2/b7-4+. The van der Waals surface area contributed by atoms with Crippen molar-refractivity contribution in [2.24, 2.45) is 0 Å². The molecule has 0 unspecified atom stereocenters. The summed E-state index contributed by atoms with van der Waals surface area (Å²) in [6.07, 6.45) is 3.96. The van der Waals surface area contributed by atoms with E-state index in [4.69, 9.17) is 0 Å². The Hall–Kier alpha value is -0.600. The molecule has 1 aromatic rings. The number of halogens is 1. The molecule has 0 fully saturated rings. The fourth-order valence-electron chi connectivity index (χ4n) is 0.785. The van der Waals surface area contributed by atoms with Crippen LogP contribution < -0.4 is 0 Å². The summed E-state index contributed by atoms with van der Waals surface area (Å²) in [5.74, 6) is 0. The lowest BCUT2D eigenvalue weighted by molar-refractivity contribution is 0.456. The predicted octanol–water partition coefficient (Wildman–Crippen LogP) is 3.03. The van der Waals surface area contributed by atoms with Crippen LogP contribution in [0.5, 0.6) is 0 Å². The van der Waals surface area contributed by atoms with Gasteiger partial charge in [0.2, 0.25) is 0 Å². The lowest BCUT2D eigenvalue weighted by atomic mass is 10.2. The third-order valence-electron chi connectivity index (χ3n) is 1.27. The van der Waals surface area contributed by atoms with Crippen molar-refractivity contribution in [1.29, 1.82) is 0 Å². The fraction of sp³-hybridized carbons (Fsp3) is 0.111. The molecule has 0 N–H and O–H groups in total. The first-order valence-corrected chi connectivity index (χ1v) is 4.03. The molecular formula is C9H9BrO. The maximum Gasteiger partial charge on any atom is 0.0991 e. The highest BCUT2D eigenvalue weighted by Crippen LogP contribution is 2.00. The zero-order chi connectivity index (χ0) is 7.94. The Balaban J connectivity index is 2.50. The zero-order valence-electron chi connectivity index (χ0n) is 6.03. The van der Waals surface area contributed by atoms with Gasteiger partial charge in [0.15, 0.2) is 0 Å². The topological polar surface area (TPSA) is 9.23 Å². The van der Waals surface area contributed by atoms with Crippen molar-refractivity contribution in [3.8, 4) is 0 Å². The molecule has 0 aliphatic carbocycles. The quantitative estimate of drug-likeness (QED) is 0.749. The molecule has 0 aliphatic heterocycles. The molecule has 0 saturated heterocycles. The van der Waals surface area contributed by atoms with E-state index in [1.54, 1.807) is 0 Å². The van der Waals surface area contributed by atoms with Gasteiger partial charge in [0, 0.05) is 0 Å². The minimum atomic E-state index is 0.592. The molecule has 0 amide bonds. The molecule has 1 rings (SSSR count). The van der Waals surface area contributed by atoms with Crippen LogP contribution in [0.3, 0.4) is 0 Å². The van der Waals surface area contributed by atoms with Gasteiger partial charge in [-0.15, -0.1) is 0 Å². The molecule has 1 nitrogen and oxygen atoms in total. The maximum atomic E-state index is 4.69. The van der Waals surface area contributed by atoms with Gasteiger partial charge in [-0.3, -0.25) is 0 Å². The molecular weight excluding hydrogens is 204 g/mol. The first-order chi connectivity index (χ1) is 5.43. The lowest BCUT2D eigenvalue weighted by Gasteiger charge is -1.89. The third-order valence-corrected chi connectivity index (χ3v) is 1.53. The van der Waals surface area contributed by atoms with Gasteiger partial charge in [-0.1, -0.05) is 42.5 Å². The first kappa shape index (κ1) is 8.50. The van der Waals surface area contributed by atoms with E-state index < -0.39 is 0 Å². The molecule has 0 atom stereocenters. The van der Waals surface area contributed by atoms with Gasteiger partial charge in [0.1, 0.15) is 0 Å². The van der Waals surface area contributed by atoms with Gasteiger partial charge in [0.05, 0.1) is 22.9 Å². The van der Waals surface area contributed by atoms with Crippen LogP contribution in [-0.4, -0.2) is 6.61 Å². The van der Waals surface area contributed by atoms with Gasteiger partial charge in [-0.2, -0.15) is 0 Å². The highest BCUT2D eigenvalue weighted by molar-refractivity contribution is 9.06.